The molecule has 1 rings (SSSR count). The lowest BCUT2D eigenvalue weighted by molar-refractivity contribution is -0.151. The monoisotopic (exact) mass is 220 g/mol. The van der Waals surface area contributed by atoms with E-state index in [2.05, 4.69) is 0 Å². The van der Waals surface area contributed by atoms with Gasteiger partial charge in [0.25, 0.3) is 0 Å². The van der Waals surface area contributed by atoms with Crippen LogP contribution in [0.3, 0.4) is 0 Å². The van der Waals surface area contributed by atoms with E-state index < -0.39 is 11.9 Å². The first-order valence-electron chi connectivity index (χ1n) is 5.43. The van der Waals surface area contributed by atoms with Gasteiger partial charge in [0.05, 0.1) is 0 Å². The Bertz CT molecular complexity index is 332. The second-order valence-electron chi connectivity index (χ2n) is 3.62. The van der Waals surface area contributed by atoms with Gasteiger partial charge in [0.15, 0.2) is 0 Å². The molecule has 0 aliphatic heterocycles. The molecule has 1 atom stereocenters. The lowest BCUT2D eigenvalue weighted by Gasteiger charge is -2.09. The molecule has 3 heteroatoms. The Morgan fingerprint density at radius 2 is 2.06 bits per heavy atom. The van der Waals surface area contributed by atoms with Gasteiger partial charge < -0.3 is 9.53 Å². The summed E-state index contributed by atoms with van der Waals surface area (Å²) in [7, 11) is 0. The van der Waals surface area contributed by atoms with Crippen molar-refractivity contribution in [2.75, 3.05) is 0 Å². The molecule has 1 aromatic rings. The molecule has 16 heavy (non-hydrogen) atoms. The molecule has 0 radical (unpaired) electrons. The van der Waals surface area contributed by atoms with Crippen LogP contribution in [-0.4, -0.2) is 12.3 Å². The van der Waals surface area contributed by atoms with Gasteiger partial charge in [-0.3, -0.25) is 4.79 Å². The quantitative estimate of drug-likeness (QED) is 0.420. The van der Waals surface area contributed by atoms with Crippen molar-refractivity contribution in [1.29, 1.82) is 0 Å². The van der Waals surface area contributed by atoms with Crippen LogP contribution in [-0.2, 0) is 20.9 Å². The van der Waals surface area contributed by atoms with Gasteiger partial charge >= 0.3 is 5.97 Å². The number of esters is 1. The number of rotatable bonds is 6. The summed E-state index contributed by atoms with van der Waals surface area (Å²) in [5.41, 5.74) is 0.928. The Hall–Kier alpha value is -1.64. The maximum Gasteiger partial charge on any atom is 0.316 e. The average Bonchev–Trinajstić information content (AvgIpc) is 2.34. The summed E-state index contributed by atoms with van der Waals surface area (Å²) in [6.07, 6.45) is 2.01. The molecule has 1 aromatic carbocycles. The van der Waals surface area contributed by atoms with Crippen LogP contribution in [0.15, 0.2) is 30.3 Å². The fourth-order valence-electron chi connectivity index (χ4n) is 1.39. The molecule has 1 unspecified atom stereocenters. The third-order valence-corrected chi connectivity index (χ3v) is 2.29. The lowest BCUT2D eigenvalue weighted by atomic mass is 10.1. The van der Waals surface area contributed by atoms with Crippen LogP contribution in [0.2, 0.25) is 0 Å². The maximum atomic E-state index is 11.5. The molecule has 0 saturated heterocycles. The first-order valence-corrected chi connectivity index (χ1v) is 5.43. The van der Waals surface area contributed by atoms with Crippen LogP contribution in [0, 0.1) is 5.92 Å². The SMILES string of the molecule is CCCC(C=O)C(=O)OCc1ccccc1. The zero-order valence-electron chi connectivity index (χ0n) is 9.39. The highest BCUT2D eigenvalue weighted by Crippen LogP contribution is 2.08. The van der Waals surface area contributed by atoms with Crippen LogP contribution < -0.4 is 0 Å². The zero-order chi connectivity index (χ0) is 11.8. The number of hydrogen-bond donors (Lipinski definition) is 0. The second kappa shape index (κ2) is 6.77. The van der Waals surface area contributed by atoms with E-state index in [1.165, 1.54) is 0 Å². The smallest absolute Gasteiger partial charge is 0.316 e. The van der Waals surface area contributed by atoms with Crippen molar-refractivity contribution < 1.29 is 14.3 Å². The maximum absolute atomic E-state index is 11.5. The fraction of sp³-hybridized carbons (Fsp3) is 0.385. The molecule has 0 amide bonds. The van der Waals surface area contributed by atoms with Gasteiger partial charge in [0.2, 0.25) is 0 Å². The molecule has 0 aromatic heterocycles. The molecule has 0 heterocycles. The average molecular weight is 220 g/mol. The van der Waals surface area contributed by atoms with Crippen molar-refractivity contribution in [3.05, 3.63) is 35.9 Å². The number of aldehydes is 1. The Labute approximate surface area is 95.4 Å². The first kappa shape index (κ1) is 12.4. The molecule has 86 valence electrons. The van der Waals surface area contributed by atoms with Gasteiger partial charge in [0.1, 0.15) is 18.8 Å². The van der Waals surface area contributed by atoms with Crippen molar-refractivity contribution in [2.24, 2.45) is 5.92 Å². The molecule has 0 bridgehead atoms. The predicted octanol–water partition coefficient (Wildman–Crippen LogP) is 2.35. The summed E-state index contributed by atoms with van der Waals surface area (Å²) in [6.45, 7) is 2.16. The van der Waals surface area contributed by atoms with Gasteiger partial charge in [-0.2, -0.15) is 0 Å². The molecule has 0 N–H and O–H groups in total. The number of carbonyl (C=O) groups excluding carboxylic acids is 2. The van der Waals surface area contributed by atoms with E-state index in [1.807, 2.05) is 37.3 Å². The Morgan fingerprint density at radius 3 is 2.62 bits per heavy atom. The first-order chi connectivity index (χ1) is 7.77. The third kappa shape index (κ3) is 3.85. The van der Waals surface area contributed by atoms with E-state index in [9.17, 15) is 9.59 Å². The van der Waals surface area contributed by atoms with Gasteiger partial charge in [0, 0.05) is 0 Å². The molecule has 0 fully saturated rings. The highest BCUT2D eigenvalue weighted by molar-refractivity contribution is 5.87. The molecular formula is C13H16O3. The highest BCUT2D eigenvalue weighted by Gasteiger charge is 2.17. The lowest BCUT2D eigenvalue weighted by Crippen LogP contribution is -2.18. The Balaban J connectivity index is 2.42. The van der Waals surface area contributed by atoms with Crippen molar-refractivity contribution in [2.45, 2.75) is 26.4 Å². The summed E-state index contributed by atoms with van der Waals surface area (Å²) < 4.78 is 5.06. The standard InChI is InChI=1S/C13H16O3/c1-2-6-12(9-14)13(15)16-10-11-7-4-3-5-8-11/h3-5,7-9,12H,2,6,10H2,1H3. The van der Waals surface area contributed by atoms with Crippen molar-refractivity contribution in [3.63, 3.8) is 0 Å². The molecule has 3 nitrogen and oxygen atoms in total. The van der Waals surface area contributed by atoms with E-state index in [4.69, 9.17) is 4.74 Å². The minimum atomic E-state index is -0.617. The summed E-state index contributed by atoms with van der Waals surface area (Å²) in [4.78, 5) is 22.1. The molecule has 0 saturated carbocycles. The van der Waals surface area contributed by atoms with Crippen LogP contribution in [0.4, 0.5) is 0 Å². The molecule has 0 spiro atoms. The largest absolute Gasteiger partial charge is 0.460 e. The molecule has 0 aliphatic rings. The summed E-state index contributed by atoms with van der Waals surface area (Å²) >= 11 is 0. The van der Waals surface area contributed by atoms with Crippen molar-refractivity contribution >= 4 is 12.3 Å². The van der Waals surface area contributed by atoms with E-state index in [1.54, 1.807) is 0 Å². The van der Waals surface area contributed by atoms with Crippen LogP contribution >= 0.6 is 0 Å². The summed E-state index contributed by atoms with van der Waals surface area (Å²) in [6, 6.07) is 9.42. The van der Waals surface area contributed by atoms with Crippen LogP contribution in [0.25, 0.3) is 0 Å². The minimum absolute atomic E-state index is 0.230. The van der Waals surface area contributed by atoms with E-state index in [0.29, 0.717) is 12.7 Å². The molecule has 0 aliphatic carbocycles. The number of carbonyl (C=O) groups is 2. The van der Waals surface area contributed by atoms with E-state index in [0.717, 1.165) is 12.0 Å². The topological polar surface area (TPSA) is 43.4 Å². The van der Waals surface area contributed by atoms with Gasteiger partial charge in [-0.15, -0.1) is 0 Å². The van der Waals surface area contributed by atoms with Crippen LogP contribution in [0.1, 0.15) is 25.3 Å². The summed E-state index contributed by atoms with van der Waals surface area (Å²) in [5.74, 6) is -1.05. The highest BCUT2D eigenvalue weighted by atomic mass is 16.5. The number of hydrogen-bond acceptors (Lipinski definition) is 3. The van der Waals surface area contributed by atoms with Crippen molar-refractivity contribution in [1.82, 2.24) is 0 Å². The normalized spacial score (nSPS) is 11.8. The second-order valence-corrected chi connectivity index (χ2v) is 3.62. The Morgan fingerprint density at radius 1 is 1.38 bits per heavy atom. The minimum Gasteiger partial charge on any atom is -0.460 e. The predicted molar refractivity (Wildman–Crippen MR) is 60.7 cm³/mol. The van der Waals surface area contributed by atoms with Gasteiger partial charge in [-0.25, -0.2) is 0 Å². The molecular weight excluding hydrogens is 204 g/mol. The fourth-order valence-corrected chi connectivity index (χ4v) is 1.39. The van der Waals surface area contributed by atoms with E-state index >= 15 is 0 Å². The number of ether oxygens (including phenoxy) is 1. The number of benzene rings is 1. The summed E-state index contributed by atoms with van der Waals surface area (Å²) in [5, 5.41) is 0. The van der Waals surface area contributed by atoms with Gasteiger partial charge in [-0.1, -0.05) is 43.7 Å². The van der Waals surface area contributed by atoms with Crippen LogP contribution in [0.5, 0.6) is 0 Å². The Kier molecular flexibility index (Phi) is 5.26. The van der Waals surface area contributed by atoms with Gasteiger partial charge in [-0.05, 0) is 12.0 Å². The zero-order valence-corrected chi connectivity index (χ0v) is 9.39. The van der Waals surface area contributed by atoms with Crippen molar-refractivity contribution in [3.8, 4) is 0 Å². The third-order valence-electron chi connectivity index (χ3n) is 2.29. The van der Waals surface area contributed by atoms with E-state index in [-0.39, 0.29) is 6.61 Å².